The topological polar surface area (TPSA) is 88.8 Å². The number of ether oxygens (including phenoxy) is 1. The van der Waals surface area contributed by atoms with E-state index in [4.69, 9.17) is 9.84 Å². The number of nitrogens with zero attached hydrogens (tertiary/aromatic N) is 2. The molecule has 0 saturated carbocycles. The SMILES string of the molecule is O=C1CCC(n2ccc3cc(OCCC(F)(F)CCO)ccc3c2=O)C(=O)N1SF. The Morgan fingerprint density at radius 2 is 1.97 bits per heavy atom. The maximum Gasteiger partial charge on any atom is 0.264 e. The number of aromatic nitrogens is 1. The number of carbonyl (C=O) groups excluding carboxylic acids is 2. The molecule has 0 aliphatic carbocycles. The van der Waals surface area contributed by atoms with Crippen LogP contribution in [0.4, 0.5) is 12.7 Å². The van der Waals surface area contributed by atoms with Crippen molar-refractivity contribution >= 4 is 34.9 Å². The van der Waals surface area contributed by atoms with Crippen molar-refractivity contribution < 1.29 is 32.1 Å². The summed E-state index contributed by atoms with van der Waals surface area (Å²) in [7, 11) is 0. The molecular formula is C19H19F3N2O5S. The van der Waals surface area contributed by atoms with E-state index in [9.17, 15) is 27.1 Å². The third kappa shape index (κ3) is 4.62. The lowest BCUT2D eigenvalue weighted by atomic mass is 10.0. The lowest BCUT2D eigenvalue weighted by Crippen LogP contribution is -2.43. The first-order valence-electron chi connectivity index (χ1n) is 9.19. The Kier molecular flexibility index (Phi) is 6.71. The molecule has 162 valence electrons. The van der Waals surface area contributed by atoms with Crippen molar-refractivity contribution in [3.8, 4) is 5.75 Å². The largest absolute Gasteiger partial charge is 0.493 e. The fourth-order valence-corrected chi connectivity index (χ4v) is 3.61. The van der Waals surface area contributed by atoms with E-state index in [-0.39, 0.29) is 24.8 Å². The van der Waals surface area contributed by atoms with Crippen LogP contribution in [0, 0.1) is 0 Å². The normalized spacial score (nSPS) is 17.6. The number of hydrogen-bond acceptors (Lipinski definition) is 6. The molecule has 3 rings (SSSR count). The number of hydrogen-bond donors (Lipinski definition) is 1. The Morgan fingerprint density at radius 1 is 1.20 bits per heavy atom. The van der Waals surface area contributed by atoms with Crippen molar-refractivity contribution in [3.05, 3.63) is 40.8 Å². The average Bonchev–Trinajstić information content (AvgIpc) is 2.69. The first-order chi connectivity index (χ1) is 14.3. The number of rotatable bonds is 8. The van der Waals surface area contributed by atoms with E-state index in [1.807, 2.05) is 0 Å². The van der Waals surface area contributed by atoms with Gasteiger partial charge in [-0.3, -0.25) is 14.4 Å². The summed E-state index contributed by atoms with van der Waals surface area (Å²) in [5, 5.41) is 9.37. The summed E-state index contributed by atoms with van der Waals surface area (Å²) >= 11 is -0.481. The van der Waals surface area contributed by atoms with Gasteiger partial charge >= 0.3 is 0 Å². The van der Waals surface area contributed by atoms with Crippen molar-refractivity contribution in [2.24, 2.45) is 0 Å². The third-order valence-corrected chi connectivity index (χ3v) is 5.39. The number of fused-ring (bicyclic) bond motifs is 1. The van der Waals surface area contributed by atoms with E-state index >= 15 is 0 Å². The Balaban J connectivity index is 1.79. The number of imide groups is 1. The smallest absolute Gasteiger partial charge is 0.264 e. The molecule has 1 fully saturated rings. The van der Waals surface area contributed by atoms with Gasteiger partial charge in [0.25, 0.3) is 17.4 Å². The summed E-state index contributed by atoms with van der Waals surface area (Å²) < 4.78 is 46.6. The first-order valence-corrected chi connectivity index (χ1v) is 9.86. The predicted octanol–water partition coefficient (Wildman–Crippen LogP) is 3.01. The summed E-state index contributed by atoms with van der Waals surface area (Å²) in [5.41, 5.74) is -0.495. The van der Waals surface area contributed by atoms with Crippen LogP contribution in [0.2, 0.25) is 0 Å². The second-order valence-electron chi connectivity index (χ2n) is 6.86. The molecule has 1 aromatic carbocycles. The Bertz CT molecular complexity index is 1010. The quantitative estimate of drug-likeness (QED) is 0.498. The molecule has 1 saturated heterocycles. The van der Waals surface area contributed by atoms with Gasteiger partial charge in [0, 0.05) is 37.5 Å². The van der Waals surface area contributed by atoms with Gasteiger partial charge in [-0.05, 0) is 36.1 Å². The molecule has 30 heavy (non-hydrogen) atoms. The molecule has 0 bridgehead atoms. The average molecular weight is 444 g/mol. The van der Waals surface area contributed by atoms with Crippen LogP contribution in [-0.4, -0.2) is 44.9 Å². The van der Waals surface area contributed by atoms with Crippen LogP contribution < -0.4 is 10.3 Å². The molecule has 0 radical (unpaired) electrons. The molecular weight excluding hydrogens is 425 g/mol. The molecule has 0 spiro atoms. The molecule has 2 amide bonds. The highest BCUT2D eigenvalue weighted by Crippen LogP contribution is 2.29. The zero-order chi connectivity index (χ0) is 21.9. The van der Waals surface area contributed by atoms with Crippen molar-refractivity contribution in [2.75, 3.05) is 13.2 Å². The zero-order valence-corrected chi connectivity index (χ0v) is 16.5. The van der Waals surface area contributed by atoms with E-state index in [1.54, 1.807) is 6.07 Å². The molecule has 1 aromatic heterocycles. The molecule has 2 aromatic rings. The van der Waals surface area contributed by atoms with Gasteiger partial charge in [0.15, 0.2) is 12.3 Å². The molecule has 1 aliphatic rings. The highest BCUT2D eigenvalue weighted by molar-refractivity contribution is 7.93. The molecule has 1 aliphatic heterocycles. The number of aliphatic hydroxyl groups is 1. The lowest BCUT2D eigenvalue weighted by molar-refractivity contribution is -0.143. The summed E-state index contributed by atoms with van der Waals surface area (Å²) in [6, 6.07) is 4.98. The highest BCUT2D eigenvalue weighted by Gasteiger charge is 2.37. The van der Waals surface area contributed by atoms with Gasteiger partial charge < -0.3 is 14.4 Å². The summed E-state index contributed by atoms with van der Waals surface area (Å²) in [6.07, 6.45) is 0.203. The predicted molar refractivity (Wildman–Crippen MR) is 104 cm³/mol. The molecule has 11 heteroatoms. The van der Waals surface area contributed by atoms with E-state index in [0.717, 1.165) is 4.57 Å². The van der Waals surface area contributed by atoms with E-state index in [0.29, 0.717) is 15.4 Å². The van der Waals surface area contributed by atoms with E-state index in [1.165, 1.54) is 24.4 Å². The number of piperidine rings is 1. The van der Waals surface area contributed by atoms with Crippen LogP contribution in [0.1, 0.15) is 31.7 Å². The fourth-order valence-electron chi connectivity index (χ4n) is 3.26. The maximum absolute atomic E-state index is 13.4. The van der Waals surface area contributed by atoms with Crippen LogP contribution >= 0.6 is 12.3 Å². The molecule has 1 unspecified atom stereocenters. The second kappa shape index (κ2) is 9.09. The van der Waals surface area contributed by atoms with Gasteiger partial charge in [0.05, 0.1) is 6.61 Å². The molecule has 7 nitrogen and oxygen atoms in total. The van der Waals surface area contributed by atoms with Gasteiger partial charge in [0.1, 0.15) is 11.8 Å². The Labute approximate surface area is 173 Å². The number of halogens is 3. The number of benzene rings is 1. The second-order valence-corrected chi connectivity index (χ2v) is 7.36. The number of carbonyl (C=O) groups is 2. The van der Waals surface area contributed by atoms with Crippen molar-refractivity contribution in [2.45, 2.75) is 37.6 Å². The minimum atomic E-state index is -3.03. The summed E-state index contributed by atoms with van der Waals surface area (Å²) in [6.45, 7) is -0.883. The number of alkyl halides is 2. The number of amides is 2. The Hall–Kier alpha value is -2.53. The lowest BCUT2D eigenvalue weighted by Gasteiger charge is -2.28. The van der Waals surface area contributed by atoms with E-state index < -0.39 is 61.1 Å². The fraction of sp³-hybridized carbons (Fsp3) is 0.421. The Morgan fingerprint density at radius 3 is 2.67 bits per heavy atom. The monoisotopic (exact) mass is 444 g/mol. The van der Waals surface area contributed by atoms with Gasteiger partial charge in [-0.15, -0.1) is 3.89 Å². The van der Waals surface area contributed by atoms with Crippen LogP contribution in [0.25, 0.3) is 10.8 Å². The zero-order valence-electron chi connectivity index (χ0n) is 15.7. The standard InChI is InChI=1S/C19H19F3N2O5S/c20-19(21,6-9-25)7-10-29-13-1-2-14-12(11-13)5-8-23(17(14)27)15-3-4-16(26)24(30-22)18(15)28/h1-2,5,8,11,15,25H,3-4,6-7,9-10H2. The first kappa shape index (κ1) is 22.2. The number of aliphatic hydroxyl groups excluding tert-OH is 1. The van der Waals surface area contributed by atoms with Crippen molar-refractivity contribution in [1.82, 2.24) is 8.87 Å². The third-order valence-electron chi connectivity index (χ3n) is 4.86. The molecule has 1 N–H and O–H groups in total. The van der Waals surface area contributed by atoms with Crippen LogP contribution in [0.15, 0.2) is 35.3 Å². The summed E-state index contributed by atoms with van der Waals surface area (Å²) in [5.74, 6) is -4.19. The van der Waals surface area contributed by atoms with E-state index in [2.05, 4.69) is 0 Å². The van der Waals surface area contributed by atoms with Crippen molar-refractivity contribution in [1.29, 1.82) is 0 Å². The minimum Gasteiger partial charge on any atom is -0.493 e. The maximum atomic E-state index is 13.4. The van der Waals surface area contributed by atoms with Crippen LogP contribution in [0.5, 0.6) is 5.75 Å². The van der Waals surface area contributed by atoms with Gasteiger partial charge in [-0.2, -0.15) is 4.31 Å². The van der Waals surface area contributed by atoms with Gasteiger partial charge in [0.2, 0.25) is 5.91 Å². The van der Waals surface area contributed by atoms with Crippen LogP contribution in [-0.2, 0) is 9.59 Å². The molecule has 1 atom stereocenters. The van der Waals surface area contributed by atoms with Gasteiger partial charge in [-0.1, -0.05) is 0 Å². The number of pyridine rings is 1. The van der Waals surface area contributed by atoms with Gasteiger partial charge in [-0.25, -0.2) is 8.78 Å². The highest BCUT2D eigenvalue weighted by atomic mass is 32.2. The summed E-state index contributed by atoms with van der Waals surface area (Å²) in [4.78, 5) is 36.8. The van der Waals surface area contributed by atoms with Crippen LogP contribution in [0.3, 0.4) is 0 Å². The minimum absolute atomic E-state index is 0.0640. The van der Waals surface area contributed by atoms with Crippen molar-refractivity contribution in [3.63, 3.8) is 0 Å². The molecule has 2 heterocycles.